The van der Waals surface area contributed by atoms with Crippen molar-refractivity contribution in [2.24, 2.45) is 0 Å². The van der Waals surface area contributed by atoms with E-state index in [2.05, 4.69) is 17.0 Å². The van der Waals surface area contributed by atoms with Gasteiger partial charge in [-0.1, -0.05) is 37.3 Å². The minimum absolute atomic E-state index is 0.199. The molecule has 0 amide bonds. The van der Waals surface area contributed by atoms with Gasteiger partial charge in [-0.3, -0.25) is 0 Å². The van der Waals surface area contributed by atoms with Crippen molar-refractivity contribution in [2.75, 3.05) is 6.54 Å². The average molecular weight is 255 g/mol. The average Bonchev–Trinajstić information content (AvgIpc) is 2.34. The number of alkyl halides is 2. The van der Waals surface area contributed by atoms with Crippen molar-refractivity contribution in [1.82, 2.24) is 5.32 Å². The maximum atomic E-state index is 12.2. The summed E-state index contributed by atoms with van der Waals surface area (Å²) in [5.74, 6) is 0.200. The first kappa shape index (κ1) is 14.6. The maximum Gasteiger partial charge on any atom is 0.387 e. The Morgan fingerprint density at radius 1 is 1.33 bits per heavy atom. The third-order valence-electron chi connectivity index (χ3n) is 2.42. The fraction of sp³-hybridized carbons (Fsp3) is 0.429. The van der Waals surface area contributed by atoms with E-state index < -0.39 is 6.61 Å². The van der Waals surface area contributed by atoms with Gasteiger partial charge in [0.2, 0.25) is 0 Å². The lowest BCUT2D eigenvalue weighted by Gasteiger charge is -2.09. The standard InChI is InChI=1S/C14H19F2NO/c1-3-10-17-11(2)8-9-12-6-4-5-7-13(12)18-14(15)16/h4-9,11,14,17H,3,10H2,1-2H3/b9-8+. The molecule has 1 N–H and O–H groups in total. The van der Waals surface area contributed by atoms with Crippen LogP contribution < -0.4 is 10.1 Å². The Morgan fingerprint density at radius 3 is 2.72 bits per heavy atom. The van der Waals surface area contributed by atoms with E-state index in [0.717, 1.165) is 13.0 Å². The van der Waals surface area contributed by atoms with Gasteiger partial charge < -0.3 is 10.1 Å². The lowest BCUT2D eigenvalue weighted by atomic mass is 10.1. The molecule has 1 atom stereocenters. The fourth-order valence-corrected chi connectivity index (χ4v) is 1.51. The summed E-state index contributed by atoms with van der Waals surface area (Å²) in [5.41, 5.74) is 0.656. The molecule has 0 radical (unpaired) electrons. The Balaban J connectivity index is 2.68. The van der Waals surface area contributed by atoms with Crippen molar-refractivity contribution < 1.29 is 13.5 Å². The molecule has 0 spiro atoms. The van der Waals surface area contributed by atoms with Crippen molar-refractivity contribution in [3.8, 4) is 5.75 Å². The highest BCUT2D eigenvalue weighted by molar-refractivity contribution is 5.57. The largest absolute Gasteiger partial charge is 0.434 e. The topological polar surface area (TPSA) is 21.3 Å². The van der Waals surface area contributed by atoms with Gasteiger partial charge in [0.15, 0.2) is 0 Å². The molecule has 0 fully saturated rings. The van der Waals surface area contributed by atoms with Crippen molar-refractivity contribution in [3.63, 3.8) is 0 Å². The highest BCUT2D eigenvalue weighted by Crippen LogP contribution is 2.21. The molecular weight excluding hydrogens is 236 g/mol. The smallest absolute Gasteiger partial charge is 0.387 e. The van der Waals surface area contributed by atoms with Crippen molar-refractivity contribution >= 4 is 6.08 Å². The van der Waals surface area contributed by atoms with Gasteiger partial charge in [0.1, 0.15) is 5.75 Å². The summed E-state index contributed by atoms with van der Waals surface area (Å²) < 4.78 is 28.9. The van der Waals surface area contributed by atoms with Gasteiger partial charge in [-0.15, -0.1) is 0 Å². The van der Waals surface area contributed by atoms with Crippen LogP contribution in [-0.4, -0.2) is 19.2 Å². The number of ether oxygens (including phenoxy) is 1. The first-order valence-electron chi connectivity index (χ1n) is 6.09. The zero-order chi connectivity index (χ0) is 13.4. The SMILES string of the molecule is CCCNC(C)/C=C/c1ccccc1OC(F)F. The number of halogens is 2. The van der Waals surface area contributed by atoms with Crippen LogP contribution in [0.25, 0.3) is 6.08 Å². The number of hydrogen-bond acceptors (Lipinski definition) is 2. The minimum atomic E-state index is -2.80. The molecule has 0 aliphatic carbocycles. The van der Waals surface area contributed by atoms with E-state index in [1.165, 1.54) is 6.07 Å². The first-order chi connectivity index (χ1) is 8.63. The molecule has 4 heteroatoms. The summed E-state index contributed by atoms with van der Waals surface area (Å²) in [7, 11) is 0. The van der Waals surface area contributed by atoms with E-state index in [1.54, 1.807) is 24.3 Å². The third-order valence-corrected chi connectivity index (χ3v) is 2.42. The molecule has 0 bridgehead atoms. The van der Waals surface area contributed by atoms with Crippen molar-refractivity contribution in [3.05, 3.63) is 35.9 Å². The van der Waals surface area contributed by atoms with Crippen LogP contribution >= 0.6 is 0 Å². The van der Waals surface area contributed by atoms with Crippen LogP contribution in [0.5, 0.6) is 5.75 Å². The van der Waals surface area contributed by atoms with Gasteiger partial charge in [-0.05, 0) is 26.0 Å². The molecule has 18 heavy (non-hydrogen) atoms. The highest BCUT2D eigenvalue weighted by atomic mass is 19.3. The zero-order valence-corrected chi connectivity index (χ0v) is 10.7. The molecule has 1 rings (SSSR count). The summed E-state index contributed by atoms with van der Waals surface area (Å²) >= 11 is 0. The normalized spacial score (nSPS) is 13.2. The first-order valence-corrected chi connectivity index (χ1v) is 6.09. The van der Waals surface area contributed by atoms with E-state index >= 15 is 0 Å². The Kier molecular flexibility index (Phi) is 6.36. The molecular formula is C14H19F2NO. The Bertz CT molecular complexity index is 380. The second-order valence-corrected chi connectivity index (χ2v) is 4.02. The Labute approximate surface area is 107 Å². The lowest BCUT2D eigenvalue weighted by Crippen LogP contribution is -2.24. The molecule has 0 aliphatic heterocycles. The number of hydrogen-bond donors (Lipinski definition) is 1. The van der Waals surface area contributed by atoms with Crippen LogP contribution in [-0.2, 0) is 0 Å². The molecule has 2 nitrogen and oxygen atoms in total. The molecule has 0 aliphatic rings. The number of benzene rings is 1. The van der Waals surface area contributed by atoms with Gasteiger partial charge in [0, 0.05) is 11.6 Å². The molecule has 1 aromatic carbocycles. The van der Waals surface area contributed by atoms with E-state index in [9.17, 15) is 8.78 Å². The van der Waals surface area contributed by atoms with Crippen LogP contribution in [0.15, 0.2) is 30.3 Å². The quantitative estimate of drug-likeness (QED) is 0.802. The Hall–Kier alpha value is -1.42. The van der Waals surface area contributed by atoms with Crippen LogP contribution in [0.1, 0.15) is 25.8 Å². The minimum Gasteiger partial charge on any atom is -0.434 e. The van der Waals surface area contributed by atoms with Gasteiger partial charge in [0.25, 0.3) is 0 Å². The summed E-state index contributed by atoms with van der Waals surface area (Å²) in [6.07, 6.45) is 4.79. The van der Waals surface area contributed by atoms with E-state index in [-0.39, 0.29) is 11.8 Å². The fourth-order valence-electron chi connectivity index (χ4n) is 1.51. The monoisotopic (exact) mass is 255 g/mol. The Morgan fingerprint density at radius 2 is 2.06 bits per heavy atom. The van der Waals surface area contributed by atoms with Crippen LogP contribution in [0, 0.1) is 0 Å². The van der Waals surface area contributed by atoms with Gasteiger partial charge in [0.05, 0.1) is 0 Å². The predicted molar refractivity (Wildman–Crippen MR) is 69.9 cm³/mol. The van der Waals surface area contributed by atoms with Gasteiger partial charge in [-0.2, -0.15) is 8.78 Å². The molecule has 0 heterocycles. The van der Waals surface area contributed by atoms with Crippen molar-refractivity contribution in [2.45, 2.75) is 32.9 Å². The summed E-state index contributed by atoms with van der Waals surface area (Å²) in [4.78, 5) is 0. The maximum absolute atomic E-state index is 12.2. The van der Waals surface area contributed by atoms with E-state index in [1.807, 2.05) is 13.0 Å². The molecule has 0 saturated heterocycles. The van der Waals surface area contributed by atoms with Crippen molar-refractivity contribution in [1.29, 1.82) is 0 Å². The summed E-state index contributed by atoms with van der Waals surface area (Å²) in [6.45, 7) is 2.24. The van der Waals surface area contributed by atoms with Gasteiger partial charge in [-0.25, -0.2) is 0 Å². The predicted octanol–water partition coefficient (Wildman–Crippen LogP) is 3.69. The summed E-state index contributed by atoms with van der Waals surface area (Å²) in [5, 5.41) is 3.29. The number of rotatable bonds is 7. The molecule has 1 unspecified atom stereocenters. The van der Waals surface area contributed by atoms with E-state index in [4.69, 9.17) is 0 Å². The highest BCUT2D eigenvalue weighted by Gasteiger charge is 2.07. The number of nitrogens with one attached hydrogen (secondary N) is 1. The molecule has 100 valence electrons. The molecule has 0 aromatic heterocycles. The second-order valence-electron chi connectivity index (χ2n) is 4.02. The van der Waals surface area contributed by atoms with Crippen LogP contribution in [0.2, 0.25) is 0 Å². The molecule has 1 aromatic rings. The number of para-hydroxylation sites is 1. The van der Waals surface area contributed by atoms with Gasteiger partial charge >= 0.3 is 6.61 Å². The van der Waals surface area contributed by atoms with Crippen LogP contribution in [0.4, 0.5) is 8.78 Å². The summed E-state index contributed by atoms with van der Waals surface area (Å²) in [6, 6.07) is 6.96. The van der Waals surface area contributed by atoms with E-state index in [0.29, 0.717) is 5.56 Å². The zero-order valence-electron chi connectivity index (χ0n) is 10.7. The lowest BCUT2D eigenvalue weighted by molar-refractivity contribution is -0.0499. The second kappa shape index (κ2) is 7.82. The molecule has 0 saturated carbocycles. The van der Waals surface area contributed by atoms with Crippen LogP contribution in [0.3, 0.4) is 0 Å². The third kappa shape index (κ3) is 5.27.